The maximum absolute atomic E-state index is 13.9. The highest BCUT2D eigenvalue weighted by molar-refractivity contribution is 7.89. The van der Waals surface area contributed by atoms with Crippen molar-refractivity contribution in [3.8, 4) is 5.75 Å². The summed E-state index contributed by atoms with van der Waals surface area (Å²) in [7, 11) is -3.68. The van der Waals surface area contributed by atoms with Gasteiger partial charge in [-0.15, -0.1) is 0 Å². The van der Waals surface area contributed by atoms with E-state index in [1.54, 1.807) is 16.4 Å². The Balaban J connectivity index is 1.73. The molecule has 6 nitrogen and oxygen atoms in total. The molecule has 34 heavy (non-hydrogen) atoms. The number of carbonyl (C=O) groups is 1. The largest absolute Gasteiger partial charge is 0.488 e. The van der Waals surface area contributed by atoms with Crippen molar-refractivity contribution in [3.63, 3.8) is 0 Å². The minimum absolute atomic E-state index is 0.0217. The average Bonchev–Trinajstić information content (AvgIpc) is 2.86. The van der Waals surface area contributed by atoms with Gasteiger partial charge in [0.2, 0.25) is 10.0 Å². The highest BCUT2D eigenvalue weighted by atomic mass is 32.2. The number of ether oxygens (including phenoxy) is 1. The lowest BCUT2D eigenvalue weighted by Crippen LogP contribution is -2.51. The van der Waals surface area contributed by atoms with Crippen molar-refractivity contribution < 1.29 is 17.9 Å². The van der Waals surface area contributed by atoms with Crippen LogP contribution in [-0.4, -0.2) is 55.3 Å². The van der Waals surface area contributed by atoms with Gasteiger partial charge in [-0.2, -0.15) is 4.31 Å². The molecule has 0 spiro atoms. The van der Waals surface area contributed by atoms with Gasteiger partial charge in [-0.05, 0) is 75.3 Å². The van der Waals surface area contributed by atoms with Gasteiger partial charge in [0.15, 0.2) is 0 Å². The fourth-order valence-corrected chi connectivity index (χ4v) is 6.81. The van der Waals surface area contributed by atoms with E-state index >= 15 is 0 Å². The molecule has 2 aliphatic rings. The van der Waals surface area contributed by atoms with Crippen LogP contribution in [0.15, 0.2) is 53.4 Å². The van der Waals surface area contributed by atoms with Crippen LogP contribution in [0.3, 0.4) is 0 Å². The summed E-state index contributed by atoms with van der Waals surface area (Å²) in [5.41, 5.74) is 1.67. The molecule has 0 N–H and O–H groups in total. The number of sulfonamides is 1. The third kappa shape index (κ3) is 5.15. The van der Waals surface area contributed by atoms with Crippen molar-refractivity contribution >= 4 is 15.9 Å². The van der Waals surface area contributed by atoms with Crippen molar-refractivity contribution in [1.82, 2.24) is 9.21 Å². The lowest BCUT2D eigenvalue weighted by molar-refractivity contribution is 0.0641. The molecule has 1 fully saturated rings. The predicted octanol–water partition coefficient (Wildman–Crippen LogP) is 4.89. The van der Waals surface area contributed by atoms with E-state index in [1.807, 2.05) is 48.2 Å². The van der Waals surface area contributed by atoms with E-state index in [0.717, 1.165) is 44.1 Å². The molecule has 0 aromatic heterocycles. The van der Waals surface area contributed by atoms with Crippen LogP contribution in [0.4, 0.5) is 0 Å². The molecule has 4 rings (SSSR count). The SMILES string of the molecule is CCc1ccc(S(=O)(=O)N2CCCCN(CC)C(=O)c3ccccc3O[C@H]3CCCC[C@H]32)cc1. The lowest BCUT2D eigenvalue weighted by Gasteiger charge is -2.40. The number of rotatable bonds is 4. The highest BCUT2D eigenvalue weighted by Crippen LogP contribution is 2.33. The molecule has 1 saturated carbocycles. The molecule has 0 bridgehead atoms. The number of hydrogen-bond donors (Lipinski definition) is 0. The predicted molar refractivity (Wildman–Crippen MR) is 134 cm³/mol. The van der Waals surface area contributed by atoms with Crippen LogP contribution >= 0.6 is 0 Å². The van der Waals surface area contributed by atoms with Crippen molar-refractivity contribution in [2.45, 2.75) is 75.8 Å². The Morgan fingerprint density at radius 3 is 2.35 bits per heavy atom. The lowest BCUT2D eigenvalue weighted by atomic mass is 9.92. The molecule has 1 aliphatic heterocycles. The Labute approximate surface area is 204 Å². The molecule has 0 radical (unpaired) electrons. The summed E-state index contributed by atoms with van der Waals surface area (Å²) in [4.78, 5) is 15.4. The number of benzene rings is 2. The first-order valence-electron chi connectivity index (χ1n) is 12.6. The Morgan fingerprint density at radius 2 is 1.62 bits per heavy atom. The van der Waals surface area contributed by atoms with Gasteiger partial charge in [-0.1, -0.05) is 37.6 Å². The standard InChI is InChI=1S/C27H36N2O4S/c1-3-21-15-17-22(18-16-21)34(31,32)29-20-10-9-19-28(4-2)27(30)23-11-5-7-13-25(23)33-26-14-8-6-12-24(26)29/h5,7,11,13,15-18,24,26H,3-4,6,8-10,12,14,19-20H2,1-2H3/t24-,26+/m1/s1. The second-order valence-corrected chi connectivity index (χ2v) is 11.1. The molecular formula is C27H36N2O4S. The molecule has 1 heterocycles. The van der Waals surface area contributed by atoms with Crippen LogP contribution in [0.5, 0.6) is 5.75 Å². The van der Waals surface area contributed by atoms with Crippen molar-refractivity contribution in [1.29, 1.82) is 0 Å². The van der Waals surface area contributed by atoms with E-state index in [9.17, 15) is 13.2 Å². The van der Waals surface area contributed by atoms with Gasteiger partial charge in [-0.3, -0.25) is 4.79 Å². The van der Waals surface area contributed by atoms with Gasteiger partial charge in [0.1, 0.15) is 11.9 Å². The zero-order chi connectivity index (χ0) is 24.1. The van der Waals surface area contributed by atoms with Crippen LogP contribution in [0.1, 0.15) is 68.3 Å². The van der Waals surface area contributed by atoms with Crippen LogP contribution in [0.25, 0.3) is 0 Å². The zero-order valence-corrected chi connectivity index (χ0v) is 21.1. The second kappa shape index (κ2) is 10.9. The molecule has 2 atom stereocenters. The summed E-state index contributed by atoms with van der Waals surface area (Å²) in [5, 5.41) is 0. The Bertz CT molecular complexity index is 1080. The van der Waals surface area contributed by atoms with Crippen molar-refractivity contribution in [2.75, 3.05) is 19.6 Å². The Kier molecular flexibility index (Phi) is 7.94. The zero-order valence-electron chi connectivity index (χ0n) is 20.3. The number of nitrogens with zero attached hydrogens (tertiary/aromatic N) is 2. The first kappa shape index (κ1) is 24.7. The van der Waals surface area contributed by atoms with Gasteiger partial charge < -0.3 is 9.64 Å². The minimum atomic E-state index is -3.68. The molecular weight excluding hydrogens is 448 g/mol. The average molecular weight is 485 g/mol. The number of amides is 1. The summed E-state index contributed by atoms with van der Waals surface area (Å²) < 4.78 is 35.9. The summed E-state index contributed by atoms with van der Waals surface area (Å²) in [6.45, 7) is 5.66. The van der Waals surface area contributed by atoms with Gasteiger partial charge >= 0.3 is 0 Å². The number of para-hydroxylation sites is 1. The molecule has 0 saturated heterocycles. The van der Waals surface area contributed by atoms with Crippen LogP contribution in [0, 0.1) is 0 Å². The first-order valence-corrected chi connectivity index (χ1v) is 14.1. The number of fused-ring (bicyclic) bond motifs is 2. The molecule has 0 unspecified atom stereocenters. The van der Waals surface area contributed by atoms with E-state index in [4.69, 9.17) is 4.74 Å². The normalized spacial score (nSPS) is 22.6. The second-order valence-electron chi connectivity index (χ2n) is 9.21. The Hall–Kier alpha value is -2.38. The minimum Gasteiger partial charge on any atom is -0.488 e. The van der Waals surface area contributed by atoms with E-state index < -0.39 is 10.0 Å². The molecule has 7 heteroatoms. The van der Waals surface area contributed by atoms with Gasteiger partial charge in [-0.25, -0.2) is 8.42 Å². The van der Waals surface area contributed by atoms with E-state index in [2.05, 4.69) is 6.92 Å². The fourth-order valence-electron chi connectivity index (χ4n) is 5.09. The van der Waals surface area contributed by atoms with Gasteiger partial charge in [0, 0.05) is 19.6 Å². The smallest absolute Gasteiger partial charge is 0.257 e. The third-order valence-electron chi connectivity index (χ3n) is 7.10. The topological polar surface area (TPSA) is 66.9 Å². The fraction of sp³-hybridized carbons (Fsp3) is 0.519. The number of hydrogen-bond acceptors (Lipinski definition) is 4. The van der Waals surface area contributed by atoms with Gasteiger partial charge in [0.25, 0.3) is 5.91 Å². The van der Waals surface area contributed by atoms with Crippen LogP contribution < -0.4 is 4.74 Å². The quantitative estimate of drug-likeness (QED) is 0.620. The monoisotopic (exact) mass is 484 g/mol. The third-order valence-corrected chi connectivity index (χ3v) is 9.04. The molecule has 1 amide bonds. The summed E-state index contributed by atoms with van der Waals surface area (Å²) in [6, 6.07) is 14.4. The van der Waals surface area contributed by atoms with Crippen molar-refractivity contribution in [2.24, 2.45) is 0 Å². The molecule has 1 aliphatic carbocycles. The van der Waals surface area contributed by atoms with Crippen LogP contribution in [-0.2, 0) is 16.4 Å². The van der Waals surface area contributed by atoms with E-state index in [0.29, 0.717) is 42.3 Å². The summed E-state index contributed by atoms with van der Waals surface area (Å²) >= 11 is 0. The highest BCUT2D eigenvalue weighted by Gasteiger charge is 2.39. The summed E-state index contributed by atoms with van der Waals surface area (Å²) in [6.07, 6.45) is 5.50. The van der Waals surface area contributed by atoms with E-state index in [1.165, 1.54) is 0 Å². The first-order chi connectivity index (χ1) is 16.5. The molecule has 2 aromatic rings. The number of carbonyl (C=O) groups excluding carboxylic acids is 1. The van der Waals surface area contributed by atoms with Gasteiger partial charge in [0.05, 0.1) is 16.5 Å². The Morgan fingerprint density at radius 1 is 0.912 bits per heavy atom. The van der Waals surface area contributed by atoms with Crippen LogP contribution in [0.2, 0.25) is 0 Å². The maximum Gasteiger partial charge on any atom is 0.257 e. The maximum atomic E-state index is 13.9. The van der Waals surface area contributed by atoms with Crippen molar-refractivity contribution in [3.05, 3.63) is 59.7 Å². The number of aryl methyl sites for hydroxylation is 1. The molecule has 2 aromatic carbocycles. The summed E-state index contributed by atoms with van der Waals surface area (Å²) in [5.74, 6) is 0.527. The molecule has 184 valence electrons. The van der Waals surface area contributed by atoms with E-state index in [-0.39, 0.29) is 18.1 Å².